The van der Waals surface area contributed by atoms with E-state index in [0.717, 1.165) is 35.5 Å². The Labute approximate surface area is 154 Å². The number of thiophene rings is 1. The molecule has 0 aromatic carbocycles. The number of rotatable bonds is 6. The Morgan fingerprint density at radius 3 is 2.78 bits per heavy atom. The van der Waals surface area contributed by atoms with Gasteiger partial charge in [0.15, 0.2) is 0 Å². The van der Waals surface area contributed by atoms with E-state index in [1.54, 1.807) is 11.3 Å². The molecule has 23 heavy (non-hydrogen) atoms. The molecule has 0 unspecified atom stereocenters. The lowest BCUT2D eigenvalue weighted by Gasteiger charge is -2.31. The van der Waals surface area contributed by atoms with Crippen LogP contribution in [0, 0.1) is 5.92 Å². The molecule has 0 amide bonds. The Bertz CT molecular complexity index is 539. The summed E-state index contributed by atoms with van der Waals surface area (Å²) in [6.45, 7) is 4.40. The Morgan fingerprint density at radius 1 is 1.35 bits per heavy atom. The van der Waals surface area contributed by atoms with Gasteiger partial charge in [-0.1, -0.05) is 6.07 Å². The van der Waals surface area contributed by atoms with Gasteiger partial charge in [-0.05, 0) is 63.3 Å². The molecule has 0 spiro atoms. The van der Waals surface area contributed by atoms with Crippen LogP contribution in [0.2, 0.25) is 0 Å². The summed E-state index contributed by atoms with van der Waals surface area (Å²) in [7, 11) is 2.03. The van der Waals surface area contributed by atoms with Crippen LogP contribution in [0.15, 0.2) is 28.2 Å². The van der Waals surface area contributed by atoms with Crippen molar-refractivity contribution in [2.75, 3.05) is 26.7 Å². The number of hydrogen-bond acceptors (Lipinski definition) is 5. The lowest BCUT2D eigenvalue weighted by molar-refractivity contribution is 0.170. The Morgan fingerprint density at radius 2 is 2.13 bits per heavy atom. The molecule has 7 heteroatoms. The van der Waals surface area contributed by atoms with E-state index in [1.807, 2.05) is 25.4 Å². The second-order valence-electron chi connectivity index (χ2n) is 5.73. The molecule has 0 saturated carbocycles. The van der Waals surface area contributed by atoms with Crippen LogP contribution >= 0.6 is 36.2 Å². The molecule has 0 radical (unpaired) electrons. The van der Waals surface area contributed by atoms with Crippen molar-refractivity contribution < 1.29 is 4.42 Å². The van der Waals surface area contributed by atoms with Crippen molar-refractivity contribution in [2.24, 2.45) is 5.92 Å². The second-order valence-corrected chi connectivity index (χ2v) is 6.68. The fourth-order valence-corrected chi connectivity index (χ4v) is 3.56. The van der Waals surface area contributed by atoms with E-state index < -0.39 is 0 Å². The molecule has 3 rings (SSSR count). The number of hydrogen-bond donors (Lipinski definition) is 1. The van der Waals surface area contributed by atoms with Crippen molar-refractivity contribution in [3.63, 3.8) is 0 Å². The van der Waals surface area contributed by atoms with Crippen molar-refractivity contribution in [2.45, 2.75) is 25.8 Å². The van der Waals surface area contributed by atoms with E-state index >= 15 is 0 Å². The van der Waals surface area contributed by atoms with E-state index in [9.17, 15) is 0 Å². The molecule has 2 aromatic rings. The predicted octanol–water partition coefficient (Wildman–Crippen LogP) is 4.07. The minimum Gasteiger partial charge on any atom is -0.444 e. The number of oxazole rings is 1. The maximum absolute atomic E-state index is 5.59. The van der Waals surface area contributed by atoms with Gasteiger partial charge in [0.25, 0.3) is 0 Å². The highest BCUT2D eigenvalue weighted by Crippen LogP contribution is 2.25. The number of nitrogens with one attached hydrogen (secondary N) is 1. The van der Waals surface area contributed by atoms with Gasteiger partial charge in [0, 0.05) is 6.54 Å². The Hall–Kier alpha value is -0.590. The SMILES string of the molecule is CNCCC1CCN(Cc2coc(-c3cccs3)n2)CC1.Cl.Cl. The highest BCUT2D eigenvalue weighted by atomic mass is 35.5. The smallest absolute Gasteiger partial charge is 0.236 e. The van der Waals surface area contributed by atoms with Crippen LogP contribution in [0.5, 0.6) is 0 Å². The largest absolute Gasteiger partial charge is 0.444 e. The van der Waals surface area contributed by atoms with Crippen molar-refractivity contribution in [1.29, 1.82) is 0 Å². The van der Waals surface area contributed by atoms with Crippen molar-refractivity contribution >= 4 is 36.2 Å². The number of halogens is 2. The molecule has 1 fully saturated rings. The maximum Gasteiger partial charge on any atom is 0.236 e. The van der Waals surface area contributed by atoms with Gasteiger partial charge in [-0.25, -0.2) is 4.98 Å². The van der Waals surface area contributed by atoms with Crippen LogP contribution in [0.4, 0.5) is 0 Å². The van der Waals surface area contributed by atoms with Gasteiger partial charge in [-0.2, -0.15) is 0 Å². The molecule has 1 saturated heterocycles. The summed E-state index contributed by atoms with van der Waals surface area (Å²) < 4.78 is 5.59. The normalized spacial score (nSPS) is 15.9. The van der Waals surface area contributed by atoms with Gasteiger partial charge in [-0.3, -0.25) is 4.90 Å². The minimum absolute atomic E-state index is 0. The third-order valence-electron chi connectivity index (χ3n) is 4.18. The highest BCUT2D eigenvalue weighted by molar-refractivity contribution is 7.13. The summed E-state index contributed by atoms with van der Waals surface area (Å²) in [6, 6.07) is 4.08. The predicted molar refractivity (Wildman–Crippen MR) is 101 cm³/mol. The third kappa shape index (κ3) is 5.76. The van der Waals surface area contributed by atoms with E-state index in [-0.39, 0.29) is 24.8 Å². The first kappa shape index (κ1) is 20.5. The standard InChI is InChI=1S/C16H23N3OS.2ClH/c1-17-7-4-13-5-8-19(9-6-13)11-14-12-20-16(18-14)15-3-2-10-21-15;;/h2-3,10,12-13,17H,4-9,11H2,1H3;2*1H. The molecule has 1 aliphatic rings. The molecular weight excluding hydrogens is 353 g/mol. The van der Waals surface area contributed by atoms with Gasteiger partial charge >= 0.3 is 0 Å². The van der Waals surface area contributed by atoms with Crippen LogP contribution in [-0.2, 0) is 6.54 Å². The molecular formula is C16H25Cl2N3OS. The zero-order valence-electron chi connectivity index (χ0n) is 13.4. The molecule has 0 bridgehead atoms. The number of nitrogens with zero attached hydrogens (tertiary/aromatic N) is 2. The summed E-state index contributed by atoms with van der Waals surface area (Å²) in [5, 5.41) is 5.30. The number of likely N-dealkylation sites (tertiary alicyclic amines) is 1. The van der Waals surface area contributed by atoms with E-state index in [0.29, 0.717) is 0 Å². The number of piperidine rings is 1. The maximum atomic E-state index is 5.59. The Balaban J connectivity index is 0.00000132. The fourth-order valence-electron chi connectivity index (χ4n) is 2.90. The van der Waals surface area contributed by atoms with Crippen molar-refractivity contribution in [1.82, 2.24) is 15.2 Å². The van der Waals surface area contributed by atoms with Crippen molar-refractivity contribution in [3.8, 4) is 10.8 Å². The van der Waals surface area contributed by atoms with E-state index in [4.69, 9.17) is 4.42 Å². The zero-order valence-corrected chi connectivity index (χ0v) is 15.8. The quantitative estimate of drug-likeness (QED) is 0.823. The molecule has 1 aliphatic heterocycles. The lowest BCUT2D eigenvalue weighted by atomic mass is 9.93. The molecule has 130 valence electrons. The van der Waals surface area contributed by atoms with Gasteiger partial charge in [0.2, 0.25) is 5.89 Å². The first-order chi connectivity index (χ1) is 10.3. The first-order valence-corrected chi connectivity index (χ1v) is 8.58. The van der Waals surface area contributed by atoms with Gasteiger partial charge in [-0.15, -0.1) is 36.2 Å². The van der Waals surface area contributed by atoms with E-state index in [1.165, 1.54) is 32.4 Å². The van der Waals surface area contributed by atoms with E-state index in [2.05, 4.69) is 20.6 Å². The van der Waals surface area contributed by atoms with Gasteiger partial charge in [0.1, 0.15) is 6.26 Å². The molecule has 3 heterocycles. The monoisotopic (exact) mass is 377 g/mol. The molecule has 0 aliphatic carbocycles. The van der Waals surface area contributed by atoms with Crippen LogP contribution in [0.1, 0.15) is 25.0 Å². The fraction of sp³-hybridized carbons (Fsp3) is 0.562. The van der Waals surface area contributed by atoms with Crippen LogP contribution in [-0.4, -0.2) is 36.6 Å². The third-order valence-corrected chi connectivity index (χ3v) is 5.04. The summed E-state index contributed by atoms with van der Waals surface area (Å²) in [5.41, 5.74) is 1.05. The molecule has 4 nitrogen and oxygen atoms in total. The molecule has 1 N–H and O–H groups in total. The average Bonchev–Trinajstić information content (AvgIpc) is 3.17. The highest BCUT2D eigenvalue weighted by Gasteiger charge is 2.20. The van der Waals surface area contributed by atoms with Crippen LogP contribution in [0.3, 0.4) is 0 Å². The first-order valence-electron chi connectivity index (χ1n) is 7.70. The van der Waals surface area contributed by atoms with Gasteiger partial charge < -0.3 is 9.73 Å². The summed E-state index contributed by atoms with van der Waals surface area (Å²) >= 11 is 1.67. The lowest BCUT2D eigenvalue weighted by Crippen LogP contribution is -2.34. The van der Waals surface area contributed by atoms with Crippen LogP contribution < -0.4 is 5.32 Å². The molecule has 2 aromatic heterocycles. The topological polar surface area (TPSA) is 41.3 Å². The molecule has 0 atom stereocenters. The minimum atomic E-state index is 0. The number of aromatic nitrogens is 1. The van der Waals surface area contributed by atoms with Crippen molar-refractivity contribution in [3.05, 3.63) is 29.5 Å². The van der Waals surface area contributed by atoms with Crippen LogP contribution in [0.25, 0.3) is 10.8 Å². The summed E-state index contributed by atoms with van der Waals surface area (Å²) in [4.78, 5) is 8.20. The zero-order chi connectivity index (χ0) is 14.5. The van der Waals surface area contributed by atoms with Gasteiger partial charge in [0.05, 0.1) is 10.6 Å². The summed E-state index contributed by atoms with van der Waals surface area (Å²) in [5.74, 6) is 1.64. The second kappa shape index (κ2) is 10.3. The average molecular weight is 378 g/mol. The Kier molecular flexibility index (Phi) is 9.17. The summed E-state index contributed by atoms with van der Waals surface area (Å²) in [6.07, 6.45) is 5.72.